The summed E-state index contributed by atoms with van der Waals surface area (Å²) in [6.45, 7) is 3.69. The zero-order valence-electron chi connectivity index (χ0n) is 15.2. The third-order valence-electron chi connectivity index (χ3n) is 4.08. The molecule has 0 aliphatic heterocycles. The van der Waals surface area contributed by atoms with Gasteiger partial charge in [-0.05, 0) is 48.7 Å². The van der Waals surface area contributed by atoms with Crippen molar-refractivity contribution >= 4 is 29.1 Å². The quantitative estimate of drug-likeness (QED) is 0.808. The summed E-state index contributed by atoms with van der Waals surface area (Å²) in [5, 5.41) is 3.41. The molecule has 2 aromatic rings. The van der Waals surface area contributed by atoms with Crippen LogP contribution in [0.15, 0.2) is 42.5 Å². The second-order valence-corrected chi connectivity index (χ2v) is 6.35. The van der Waals surface area contributed by atoms with Crippen molar-refractivity contribution in [2.75, 3.05) is 25.1 Å². The third-order valence-corrected chi connectivity index (χ3v) is 4.49. The first-order valence-corrected chi connectivity index (χ1v) is 8.73. The van der Waals surface area contributed by atoms with Crippen molar-refractivity contribution in [1.29, 1.82) is 0 Å². The van der Waals surface area contributed by atoms with Gasteiger partial charge in [-0.1, -0.05) is 29.8 Å². The lowest BCUT2D eigenvalue weighted by Gasteiger charge is -2.23. The van der Waals surface area contributed by atoms with Crippen LogP contribution in [0, 0.1) is 6.92 Å². The summed E-state index contributed by atoms with van der Waals surface area (Å²) < 4.78 is 5.19. The van der Waals surface area contributed by atoms with Crippen molar-refractivity contribution in [2.24, 2.45) is 0 Å². The summed E-state index contributed by atoms with van der Waals surface area (Å²) in [6, 6.07) is 13.0. The van der Waals surface area contributed by atoms with Gasteiger partial charge in [0.05, 0.1) is 7.11 Å². The van der Waals surface area contributed by atoms with Gasteiger partial charge in [-0.2, -0.15) is 0 Å². The lowest BCUT2D eigenvalue weighted by atomic mass is 10.1. The van der Waals surface area contributed by atoms with Crippen LogP contribution in [-0.4, -0.2) is 32.0 Å². The molecule has 0 fully saturated rings. The van der Waals surface area contributed by atoms with Gasteiger partial charge < -0.3 is 15.0 Å². The van der Waals surface area contributed by atoms with Crippen LogP contribution in [0.25, 0.3) is 0 Å². The van der Waals surface area contributed by atoms with Crippen LogP contribution < -0.4 is 15.0 Å². The molecular formula is C20H23ClN2O3. The van der Waals surface area contributed by atoms with Crippen molar-refractivity contribution in [3.8, 4) is 5.75 Å². The summed E-state index contributed by atoms with van der Waals surface area (Å²) in [5.41, 5.74) is 2.49. The fourth-order valence-corrected chi connectivity index (χ4v) is 2.80. The highest BCUT2D eigenvalue weighted by Crippen LogP contribution is 2.26. The van der Waals surface area contributed by atoms with Crippen molar-refractivity contribution in [1.82, 2.24) is 5.32 Å². The number of nitrogens with zero attached hydrogens (tertiary/aromatic N) is 1. The van der Waals surface area contributed by atoms with Crippen LogP contribution in [0.5, 0.6) is 5.75 Å². The van der Waals surface area contributed by atoms with E-state index in [9.17, 15) is 9.59 Å². The molecule has 0 heterocycles. The Hall–Kier alpha value is -2.53. The second-order valence-electron chi connectivity index (χ2n) is 5.94. The van der Waals surface area contributed by atoms with Crippen molar-refractivity contribution in [3.63, 3.8) is 0 Å². The molecular weight excluding hydrogens is 352 g/mol. The van der Waals surface area contributed by atoms with Crippen LogP contribution in [0.4, 0.5) is 5.69 Å². The molecule has 0 atom stereocenters. The summed E-state index contributed by atoms with van der Waals surface area (Å²) in [4.78, 5) is 25.7. The SMILES string of the molecule is COc1cccc(CCNC(=O)CN(C(C)=O)c2cccc(Cl)c2C)c1. The largest absolute Gasteiger partial charge is 0.497 e. The Balaban J connectivity index is 1.95. The van der Waals surface area contributed by atoms with Crippen LogP contribution >= 0.6 is 11.6 Å². The predicted octanol–water partition coefficient (Wildman–Crippen LogP) is 3.37. The molecule has 6 heteroatoms. The monoisotopic (exact) mass is 374 g/mol. The highest BCUT2D eigenvalue weighted by molar-refractivity contribution is 6.31. The van der Waals surface area contributed by atoms with E-state index in [0.717, 1.165) is 16.9 Å². The Bertz CT molecular complexity index is 792. The standard InChI is InChI=1S/C20H23ClN2O3/c1-14-18(21)8-5-9-19(14)23(15(2)24)13-20(25)22-11-10-16-6-4-7-17(12-16)26-3/h4-9,12H,10-11,13H2,1-3H3,(H,22,25). The molecule has 0 aliphatic rings. The van der Waals surface area contributed by atoms with Gasteiger partial charge in [0.25, 0.3) is 0 Å². The number of benzene rings is 2. The molecule has 0 saturated carbocycles. The molecule has 5 nitrogen and oxygen atoms in total. The average molecular weight is 375 g/mol. The van der Waals surface area contributed by atoms with E-state index in [-0.39, 0.29) is 18.4 Å². The molecule has 0 unspecified atom stereocenters. The van der Waals surface area contributed by atoms with Gasteiger partial charge in [-0.3, -0.25) is 9.59 Å². The Labute approximate surface area is 158 Å². The van der Waals surface area contributed by atoms with Crippen LogP contribution in [0.3, 0.4) is 0 Å². The van der Waals surface area contributed by atoms with E-state index in [1.54, 1.807) is 25.3 Å². The lowest BCUT2D eigenvalue weighted by Crippen LogP contribution is -2.40. The highest BCUT2D eigenvalue weighted by atomic mass is 35.5. The fourth-order valence-electron chi connectivity index (χ4n) is 2.63. The number of amides is 2. The first-order valence-electron chi connectivity index (χ1n) is 8.35. The minimum atomic E-state index is -0.220. The Kier molecular flexibility index (Phi) is 7.04. The summed E-state index contributed by atoms with van der Waals surface area (Å²) >= 11 is 6.13. The number of ether oxygens (including phenoxy) is 1. The molecule has 0 radical (unpaired) electrons. The molecule has 26 heavy (non-hydrogen) atoms. The maximum Gasteiger partial charge on any atom is 0.240 e. The number of hydrogen-bond donors (Lipinski definition) is 1. The number of halogens is 1. The van der Waals surface area contributed by atoms with Gasteiger partial charge in [-0.25, -0.2) is 0 Å². The molecule has 0 aromatic heterocycles. The van der Waals surface area contributed by atoms with Crippen molar-refractivity contribution < 1.29 is 14.3 Å². The van der Waals surface area contributed by atoms with Gasteiger partial charge in [-0.15, -0.1) is 0 Å². The molecule has 1 N–H and O–H groups in total. The van der Waals surface area contributed by atoms with Gasteiger partial charge in [0.1, 0.15) is 12.3 Å². The number of anilines is 1. The number of hydrogen-bond acceptors (Lipinski definition) is 3. The van der Waals surface area contributed by atoms with Gasteiger partial charge in [0.15, 0.2) is 0 Å². The molecule has 0 bridgehead atoms. The maximum absolute atomic E-state index is 12.3. The van der Waals surface area contributed by atoms with Crippen LogP contribution in [-0.2, 0) is 16.0 Å². The fraction of sp³-hybridized carbons (Fsp3) is 0.300. The first-order chi connectivity index (χ1) is 12.4. The molecule has 0 spiro atoms. The molecule has 2 aromatic carbocycles. The number of carbonyl (C=O) groups is 2. The van der Waals surface area contributed by atoms with E-state index in [2.05, 4.69) is 5.32 Å². The topological polar surface area (TPSA) is 58.6 Å². The molecule has 0 aliphatic carbocycles. The second kappa shape index (κ2) is 9.25. The predicted molar refractivity (Wildman–Crippen MR) is 104 cm³/mol. The Morgan fingerprint density at radius 1 is 1.19 bits per heavy atom. The van der Waals surface area contributed by atoms with Crippen LogP contribution in [0.1, 0.15) is 18.1 Å². The van der Waals surface area contributed by atoms with Crippen molar-refractivity contribution in [2.45, 2.75) is 20.3 Å². The molecule has 2 rings (SSSR count). The van der Waals surface area contributed by atoms with E-state index in [1.165, 1.54) is 11.8 Å². The van der Waals surface area contributed by atoms with Crippen molar-refractivity contribution in [3.05, 3.63) is 58.6 Å². The number of rotatable bonds is 7. The first kappa shape index (κ1) is 19.8. The minimum Gasteiger partial charge on any atom is -0.497 e. The van der Waals surface area contributed by atoms with Gasteiger partial charge in [0.2, 0.25) is 11.8 Å². The number of methoxy groups -OCH3 is 1. The summed E-state index contributed by atoms with van der Waals surface area (Å²) in [7, 11) is 1.62. The van der Waals surface area contributed by atoms with Gasteiger partial charge in [0, 0.05) is 24.2 Å². The average Bonchev–Trinajstić information content (AvgIpc) is 2.62. The van der Waals surface area contributed by atoms with E-state index in [4.69, 9.17) is 16.3 Å². The van der Waals surface area contributed by atoms with Gasteiger partial charge >= 0.3 is 0 Å². The molecule has 2 amide bonds. The molecule has 138 valence electrons. The van der Waals surface area contributed by atoms with Crippen LogP contribution in [0.2, 0.25) is 5.02 Å². The smallest absolute Gasteiger partial charge is 0.240 e. The third kappa shape index (κ3) is 5.23. The minimum absolute atomic E-state index is 0.0470. The maximum atomic E-state index is 12.3. The Morgan fingerprint density at radius 2 is 1.92 bits per heavy atom. The molecule has 0 saturated heterocycles. The van der Waals surface area contributed by atoms with E-state index >= 15 is 0 Å². The summed E-state index contributed by atoms with van der Waals surface area (Å²) in [6.07, 6.45) is 0.680. The zero-order valence-corrected chi connectivity index (χ0v) is 16.0. The lowest BCUT2D eigenvalue weighted by molar-refractivity contribution is -0.123. The van der Waals surface area contributed by atoms with E-state index < -0.39 is 0 Å². The summed E-state index contributed by atoms with van der Waals surface area (Å²) in [5.74, 6) is 0.355. The van der Waals surface area contributed by atoms with E-state index in [1.807, 2.05) is 31.2 Å². The number of carbonyl (C=O) groups excluding carboxylic acids is 2. The normalized spacial score (nSPS) is 10.3. The zero-order chi connectivity index (χ0) is 19.1. The number of nitrogens with one attached hydrogen (secondary N) is 1. The highest BCUT2D eigenvalue weighted by Gasteiger charge is 2.18. The van der Waals surface area contributed by atoms with E-state index in [0.29, 0.717) is 23.7 Å². The Morgan fingerprint density at radius 3 is 2.62 bits per heavy atom.